The highest BCUT2D eigenvalue weighted by molar-refractivity contribution is 5.73. The van der Waals surface area contributed by atoms with E-state index in [0.717, 1.165) is 5.69 Å². The van der Waals surface area contributed by atoms with Gasteiger partial charge >= 0.3 is 0 Å². The van der Waals surface area contributed by atoms with Gasteiger partial charge in [0.05, 0.1) is 12.0 Å². The van der Waals surface area contributed by atoms with Crippen molar-refractivity contribution < 1.29 is 4.79 Å². The average Bonchev–Trinajstić information content (AvgIpc) is 2.32. The van der Waals surface area contributed by atoms with Crippen LogP contribution < -0.4 is 5.73 Å². The molecule has 1 heterocycles. The van der Waals surface area contributed by atoms with E-state index >= 15 is 0 Å². The van der Waals surface area contributed by atoms with Gasteiger partial charge in [-0.2, -0.15) is 0 Å². The number of imidazole rings is 1. The summed E-state index contributed by atoms with van der Waals surface area (Å²) in [6.07, 6.45) is 3.48. The fraction of sp³-hybridized carbons (Fsp3) is 0.556. The number of rotatable bonds is 2. The lowest BCUT2D eigenvalue weighted by Crippen LogP contribution is -2.18. The van der Waals surface area contributed by atoms with Gasteiger partial charge in [-0.25, -0.2) is 4.98 Å². The van der Waals surface area contributed by atoms with Crippen molar-refractivity contribution >= 4 is 5.91 Å². The lowest BCUT2D eigenvalue weighted by atomic mass is 9.93. The zero-order valence-electron chi connectivity index (χ0n) is 8.24. The van der Waals surface area contributed by atoms with Gasteiger partial charge in [0.2, 0.25) is 5.91 Å². The van der Waals surface area contributed by atoms with Gasteiger partial charge in [0.15, 0.2) is 0 Å². The van der Waals surface area contributed by atoms with Crippen molar-refractivity contribution in [3.05, 3.63) is 18.2 Å². The molecule has 0 aliphatic heterocycles. The second-order valence-corrected chi connectivity index (χ2v) is 4.15. The van der Waals surface area contributed by atoms with Gasteiger partial charge in [0.1, 0.15) is 6.54 Å². The molecule has 1 aromatic heterocycles. The standard InChI is InChI=1S/C9H15N3O/c1-9(2,3)7-4-12(6-11-7)5-8(10)13/h4,6H,5H2,1-3H3,(H2,10,13). The van der Waals surface area contributed by atoms with Crippen LogP contribution in [0.15, 0.2) is 12.5 Å². The van der Waals surface area contributed by atoms with Crippen molar-refractivity contribution in [2.45, 2.75) is 32.7 Å². The van der Waals surface area contributed by atoms with E-state index in [4.69, 9.17) is 5.73 Å². The molecule has 0 saturated carbocycles. The third-order valence-corrected chi connectivity index (χ3v) is 1.74. The fourth-order valence-corrected chi connectivity index (χ4v) is 1.01. The van der Waals surface area contributed by atoms with Crippen LogP contribution in [0.5, 0.6) is 0 Å². The predicted molar refractivity (Wildman–Crippen MR) is 50.1 cm³/mol. The molecule has 0 aromatic carbocycles. The molecule has 4 heteroatoms. The van der Waals surface area contributed by atoms with Crippen LogP contribution in [-0.4, -0.2) is 15.5 Å². The minimum atomic E-state index is -0.349. The molecule has 0 bridgehead atoms. The van der Waals surface area contributed by atoms with Gasteiger partial charge in [-0.1, -0.05) is 20.8 Å². The van der Waals surface area contributed by atoms with E-state index in [-0.39, 0.29) is 17.9 Å². The lowest BCUT2D eigenvalue weighted by molar-refractivity contribution is -0.118. The summed E-state index contributed by atoms with van der Waals surface area (Å²) in [5.74, 6) is -0.349. The summed E-state index contributed by atoms with van der Waals surface area (Å²) in [4.78, 5) is 14.8. The van der Waals surface area contributed by atoms with E-state index in [2.05, 4.69) is 25.8 Å². The summed E-state index contributed by atoms with van der Waals surface area (Å²) >= 11 is 0. The lowest BCUT2D eigenvalue weighted by Gasteiger charge is -2.13. The number of aromatic nitrogens is 2. The smallest absolute Gasteiger partial charge is 0.237 e. The first kappa shape index (κ1) is 9.77. The first-order chi connectivity index (χ1) is 5.89. The third kappa shape index (κ3) is 2.57. The van der Waals surface area contributed by atoms with Gasteiger partial charge < -0.3 is 10.3 Å². The molecule has 4 nitrogen and oxygen atoms in total. The van der Waals surface area contributed by atoms with Crippen molar-refractivity contribution in [1.82, 2.24) is 9.55 Å². The van der Waals surface area contributed by atoms with E-state index in [9.17, 15) is 4.79 Å². The number of hydrogen-bond donors (Lipinski definition) is 1. The van der Waals surface area contributed by atoms with Gasteiger partial charge in [-0.15, -0.1) is 0 Å². The van der Waals surface area contributed by atoms with E-state index in [1.54, 1.807) is 10.9 Å². The molecule has 0 saturated heterocycles. The van der Waals surface area contributed by atoms with Crippen LogP contribution in [0.2, 0.25) is 0 Å². The first-order valence-corrected chi connectivity index (χ1v) is 4.20. The van der Waals surface area contributed by atoms with Crippen molar-refractivity contribution in [3.8, 4) is 0 Å². The third-order valence-electron chi connectivity index (χ3n) is 1.74. The normalized spacial score (nSPS) is 11.6. The molecular weight excluding hydrogens is 166 g/mol. The summed E-state index contributed by atoms with van der Waals surface area (Å²) in [5, 5.41) is 0. The maximum Gasteiger partial charge on any atom is 0.237 e. The Morgan fingerprint density at radius 1 is 1.62 bits per heavy atom. The minimum Gasteiger partial charge on any atom is -0.368 e. The van der Waals surface area contributed by atoms with Crippen LogP contribution in [0.4, 0.5) is 0 Å². The minimum absolute atomic E-state index is 0.0168. The SMILES string of the molecule is CC(C)(C)c1cn(CC(N)=O)cn1. The van der Waals surface area contributed by atoms with Crippen molar-refractivity contribution in [1.29, 1.82) is 0 Å². The topological polar surface area (TPSA) is 60.9 Å². The molecule has 1 rings (SSSR count). The average molecular weight is 181 g/mol. The number of nitrogens with two attached hydrogens (primary N) is 1. The van der Waals surface area contributed by atoms with Gasteiger partial charge in [-0.3, -0.25) is 4.79 Å². The molecule has 0 atom stereocenters. The Bertz CT molecular complexity index is 309. The molecule has 0 aliphatic carbocycles. The van der Waals surface area contributed by atoms with Crippen LogP contribution in [0.3, 0.4) is 0 Å². The quantitative estimate of drug-likeness (QED) is 0.728. The van der Waals surface area contributed by atoms with Crippen LogP contribution in [0.1, 0.15) is 26.5 Å². The van der Waals surface area contributed by atoms with Crippen molar-refractivity contribution in [2.24, 2.45) is 5.73 Å². The molecule has 0 aliphatic rings. The second-order valence-electron chi connectivity index (χ2n) is 4.15. The second kappa shape index (κ2) is 3.20. The maximum absolute atomic E-state index is 10.6. The van der Waals surface area contributed by atoms with E-state index in [0.29, 0.717) is 0 Å². The van der Waals surface area contributed by atoms with Crippen molar-refractivity contribution in [3.63, 3.8) is 0 Å². The molecule has 0 fully saturated rings. The molecule has 0 spiro atoms. The Labute approximate surface area is 77.8 Å². The summed E-state index contributed by atoms with van der Waals surface area (Å²) in [7, 11) is 0. The Kier molecular flexibility index (Phi) is 2.40. The fourth-order valence-electron chi connectivity index (χ4n) is 1.01. The Morgan fingerprint density at radius 3 is 2.62 bits per heavy atom. The molecule has 72 valence electrons. The first-order valence-electron chi connectivity index (χ1n) is 4.20. The van der Waals surface area contributed by atoms with Gasteiger partial charge in [-0.05, 0) is 0 Å². The number of carbonyl (C=O) groups excluding carboxylic acids is 1. The zero-order valence-corrected chi connectivity index (χ0v) is 8.24. The summed E-state index contributed by atoms with van der Waals surface area (Å²) < 4.78 is 1.70. The molecule has 1 amide bonds. The van der Waals surface area contributed by atoms with Crippen molar-refractivity contribution in [2.75, 3.05) is 0 Å². The van der Waals surface area contributed by atoms with Crippen LogP contribution in [0, 0.1) is 0 Å². The highest BCUT2D eigenvalue weighted by atomic mass is 16.1. The largest absolute Gasteiger partial charge is 0.368 e. The molecule has 2 N–H and O–H groups in total. The number of hydrogen-bond acceptors (Lipinski definition) is 2. The number of carbonyl (C=O) groups is 1. The number of primary amides is 1. The molecule has 0 radical (unpaired) electrons. The Hall–Kier alpha value is -1.32. The molecular formula is C9H15N3O. The summed E-state index contributed by atoms with van der Waals surface area (Å²) in [5.41, 5.74) is 6.04. The number of amides is 1. The van der Waals surface area contributed by atoms with Crippen LogP contribution >= 0.6 is 0 Å². The number of nitrogens with zero attached hydrogens (tertiary/aromatic N) is 2. The maximum atomic E-state index is 10.6. The van der Waals surface area contributed by atoms with E-state index < -0.39 is 0 Å². The summed E-state index contributed by atoms with van der Waals surface area (Å²) in [6.45, 7) is 6.42. The molecule has 13 heavy (non-hydrogen) atoms. The molecule has 0 unspecified atom stereocenters. The Morgan fingerprint density at radius 2 is 2.23 bits per heavy atom. The Balaban J connectivity index is 2.81. The zero-order chi connectivity index (χ0) is 10.1. The van der Waals surface area contributed by atoms with E-state index in [1.807, 2.05) is 6.20 Å². The van der Waals surface area contributed by atoms with E-state index in [1.165, 1.54) is 0 Å². The predicted octanol–water partition coefficient (Wildman–Crippen LogP) is 0.666. The van der Waals surface area contributed by atoms with Gasteiger partial charge in [0.25, 0.3) is 0 Å². The monoisotopic (exact) mass is 181 g/mol. The highest BCUT2D eigenvalue weighted by Crippen LogP contribution is 2.19. The van der Waals surface area contributed by atoms with Crippen LogP contribution in [-0.2, 0) is 16.8 Å². The summed E-state index contributed by atoms with van der Waals surface area (Å²) in [6, 6.07) is 0. The highest BCUT2D eigenvalue weighted by Gasteiger charge is 2.16. The molecule has 1 aromatic rings. The van der Waals surface area contributed by atoms with Crippen LogP contribution in [0.25, 0.3) is 0 Å². The van der Waals surface area contributed by atoms with Gasteiger partial charge in [0, 0.05) is 11.6 Å².